The molecule has 0 aromatic carbocycles. The quantitative estimate of drug-likeness (QED) is 0.502. The number of rotatable bonds is 1. The van der Waals surface area contributed by atoms with Crippen molar-refractivity contribution in [1.29, 1.82) is 0 Å². The van der Waals surface area contributed by atoms with Crippen molar-refractivity contribution in [2.45, 2.75) is 20.0 Å². The lowest BCUT2D eigenvalue weighted by atomic mass is 10.1. The molecule has 6 heavy (non-hydrogen) atoms. The van der Waals surface area contributed by atoms with Crippen molar-refractivity contribution in [1.82, 2.24) is 0 Å². The van der Waals surface area contributed by atoms with E-state index in [0.29, 0.717) is 5.92 Å². The maximum Gasteiger partial charge on any atom is 0.0564 e. The van der Waals surface area contributed by atoms with Gasteiger partial charge in [-0.05, 0) is 12.8 Å². The summed E-state index contributed by atoms with van der Waals surface area (Å²) in [6, 6.07) is 0. The van der Waals surface area contributed by atoms with Gasteiger partial charge in [0.15, 0.2) is 0 Å². The van der Waals surface area contributed by atoms with Crippen LogP contribution in [0.4, 0.5) is 0 Å². The van der Waals surface area contributed by atoms with Gasteiger partial charge in [-0.25, -0.2) is 0 Å². The third-order valence-electron chi connectivity index (χ3n) is 0.770. The van der Waals surface area contributed by atoms with Crippen LogP contribution < -0.4 is 0 Å². The average Bonchev–Trinajstić information content (AvgIpc) is 1.36. The second-order valence-corrected chi connectivity index (χ2v) is 1.81. The number of aliphatic hydroxyl groups excluding tert-OH is 1. The standard InChI is InChI=1S/C5H11O/c1-4(2)5(3)6/h4-6H,3H2,1-2H3. The Morgan fingerprint density at radius 1 is 1.50 bits per heavy atom. The van der Waals surface area contributed by atoms with Gasteiger partial charge >= 0.3 is 0 Å². The van der Waals surface area contributed by atoms with Crippen LogP contribution in [0.1, 0.15) is 13.8 Å². The van der Waals surface area contributed by atoms with E-state index < -0.39 is 6.10 Å². The second kappa shape index (κ2) is 2.19. The zero-order valence-electron chi connectivity index (χ0n) is 4.31. The molecular weight excluding hydrogens is 76.1 g/mol. The molecule has 0 aliphatic rings. The third kappa shape index (κ3) is 2.21. The van der Waals surface area contributed by atoms with Crippen LogP contribution in [0.15, 0.2) is 0 Å². The van der Waals surface area contributed by atoms with Gasteiger partial charge in [0.25, 0.3) is 0 Å². The van der Waals surface area contributed by atoms with Gasteiger partial charge < -0.3 is 5.11 Å². The van der Waals surface area contributed by atoms with Crippen LogP contribution >= 0.6 is 0 Å². The van der Waals surface area contributed by atoms with Crippen LogP contribution in [0.25, 0.3) is 0 Å². The first-order chi connectivity index (χ1) is 2.64. The highest BCUT2D eigenvalue weighted by molar-refractivity contribution is 4.59. The van der Waals surface area contributed by atoms with Crippen molar-refractivity contribution in [3.05, 3.63) is 6.92 Å². The first kappa shape index (κ1) is 5.96. The van der Waals surface area contributed by atoms with Crippen molar-refractivity contribution in [3.8, 4) is 0 Å². The highest BCUT2D eigenvalue weighted by Gasteiger charge is 1.97. The fourth-order valence-electron chi connectivity index (χ4n) is 0. The van der Waals surface area contributed by atoms with Crippen LogP contribution in [0, 0.1) is 12.8 Å². The zero-order chi connectivity index (χ0) is 5.15. The predicted molar refractivity (Wildman–Crippen MR) is 26.2 cm³/mol. The molecular formula is C5H11O. The maximum atomic E-state index is 8.52. The molecule has 0 heterocycles. The smallest absolute Gasteiger partial charge is 0.0564 e. The molecule has 0 bridgehead atoms. The molecule has 0 fully saturated rings. The van der Waals surface area contributed by atoms with Gasteiger partial charge in [-0.15, -0.1) is 0 Å². The molecule has 0 aliphatic carbocycles. The fraction of sp³-hybridized carbons (Fsp3) is 0.800. The summed E-state index contributed by atoms with van der Waals surface area (Å²) in [5, 5.41) is 8.52. The monoisotopic (exact) mass is 87.1 g/mol. The molecule has 37 valence electrons. The molecule has 0 aromatic heterocycles. The second-order valence-electron chi connectivity index (χ2n) is 1.81. The largest absolute Gasteiger partial charge is 0.393 e. The average molecular weight is 87.1 g/mol. The van der Waals surface area contributed by atoms with Gasteiger partial charge in [-0.3, -0.25) is 0 Å². The van der Waals surface area contributed by atoms with Crippen LogP contribution in [0.2, 0.25) is 0 Å². The molecule has 1 unspecified atom stereocenters. The van der Waals surface area contributed by atoms with E-state index in [0.717, 1.165) is 0 Å². The molecule has 0 saturated carbocycles. The Labute approximate surface area is 39.0 Å². The summed E-state index contributed by atoms with van der Waals surface area (Å²) in [7, 11) is 0. The number of aliphatic hydroxyl groups is 1. The summed E-state index contributed by atoms with van der Waals surface area (Å²) < 4.78 is 0. The van der Waals surface area contributed by atoms with E-state index >= 15 is 0 Å². The van der Waals surface area contributed by atoms with Crippen LogP contribution in [-0.2, 0) is 0 Å². The highest BCUT2D eigenvalue weighted by atomic mass is 16.3. The van der Waals surface area contributed by atoms with Gasteiger partial charge in [-0.2, -0.15) is 0 Å². The molecule has 0 spiro atoms. The highest BCUT2D eigenvalue weighted by Crippen LogP contribution is 1.96. The minimum Gasteiger partial charge on any atom is -0.393 e. The Bertz CT molecular complexity index is 24.9. The fourth-order valence-corrected chi connectivity index (χ4v) is 0. The van der Waals surface area contributed by atoms with Crippen molar-refractivity contribution < 1.29 is 5.11 Å². The van der Waals surface area contributed by atoms with Crippen molar-refractivity contribution in [3.63, 3.8) is 0 Å². The van der Waals surface area contributed by atoms with E-state index in [2.05, 4.69) is 6.92 Å². The van der Waals surface area contributed by atoms with Crippen molar-refractivity contribution in [2.75, 3.05) is 0 Å². The first-order valence-corrected chi connectivity index (χ1v) is 2.15. The summed E-state index contributed by atoms with van der Waals surface area (Å²) >= 11 is 0. The van der Waals surface area contributed by atoms with Crippen LogP contribution in [-0.4, -0.2) is 11.2 Å². The molecule has 0 aromatic rings. The molecule has 1 nitrogen and oxygen atoms in total. The van der Waals surface area contributed by atoms with Crippen LogP contribution in [0.5, 0.6) is 0 Å². The Hall–Kier alpha value is -0.0400. The summed E-state index contributed by atoms with van der Waals surface area (Å²) in [4.78, 5) is 0. The van der Waals surface area contributed by atoms with Gasteiger partial charge in [0, 0.05) is 0 Å². The zero-order valence-corrected chi connectivity index (χ0v) is 4.31. The molecule has 1 radical (unpaired) electrons. The molecule has 1 atom stereocenters. The molecule has 1 heteroatoms. The lowest BCUT2D eigenvalue weighted by Crippen LogP contribution is -2.08. The topological polar surface area (TPSA) is 20.2 Å². The first-order valence-electron chi connectivity index (χ1n) is 2.15. The normalized spacial score (nSPS) is 15.5. The molecule has 0 rings (SSSR count). The Morgan fingerprint density at radius 2 is 1.67 bits per heavy atom. The third-order valence-corrected chi connectivity index (χ3v) is 0.770. The van der Waals surface area contributed by atoms with E-state index in [-0.39, 0.29) is 0 Å². The molecule has 0 saturated heterocycles. The Kier molecular flexibility index (Phi) is 2.18. The van der Waals surface area contributed by atoms with Gasteiger partial charge in [0.1, 0.15) is 0 Å². The molecule has 0 amide bonds. The van der Waals surface area contributed by atoms with Gasteiger partial charge in [0.2, 0.25) is 0 Å². The minimum atomic E-state index is -0.398. The lowest BCUT2D eigenvalue weighted by Gasteiger charge is -2.04. The SMILES string of the molecule is [CH2]C(O)C(C)C. The summed E-state index contributed by atoms with van der Waals surface area (Å²) in [6.45, 7) is 7.25. The summed E-state index contributed by atoms with van der Waals surface area (Å²) in [5.41, 5.74) is 0. The Morgan fingerprint density at radius 3 is 1.67 bits per heavy atom. The van der Waals surface area contributed by atoms with Gasteiger partial charge in [-0.1, -0.05) is 13.8 Å². The van der Waals surface area contributed by atoms with Crippen molar-refractivity contribution in [2.24, 2.45) is 5.92 Å². The van der Waals surface area contributed by atoms with Crippen LogP contribution in [0.3, 0.4) is 0 Å². The number of hydrogen-bond donors (Lipinski definition) is 1. The summed E-state index contributed by atoms with van der Waals surface area (Å²) in [5.74, 6) is 0.296. The van der Waals surface area contributed by atoms with Gasteiger partial charge in [0.05, 0.1) is 6.10 Å². The molecule has 1 N–H and O–H groups in total. The van der Waals surface area contributed by atoms with E-state index in [1.165, 1.54) is 0 Å². The minimum absolute atomic E-state index is 0.296. The Balaban J connectivity index is 2.99. The van der Waals surface area contributed by atoms with E-state index in [4.69, 9.17) is 5.11 Å². The van der Waals surface area contributed by atoms with E-state index in [9.17, 15) is 0 Å². The molecule has 0 aliphatic heterocycles. The van der Waals surface area contributed by atoms with Crippen molar-refractivity contribution >= 4 is 0 Å². The maximum absolute atomic E-state index is 8.52. The predicted octanol–water partition coefficient (Wildman–Crippen LogP) is 0.837. The van der Waals surface area contributed by atoms with E-state index in [1.54, 1.807) is 0 Å². The lowest BCUT2D eigenvalue weighted by molar-refractivity contribution is 0.169. The number of hydrogen-bond acceptors (Lipinski definition) is 1. The van der Waals surface area contributed by atoms with E-state index in [1.807, 2.05) is 13.8 Å². The summed E-state index contributed by atoms with van der Waals surface area (Å²) in [6.07, 6.45) is -0.398.